The number of hydrogen-bond donors (Lipinski definition) is 1. The van der Waals surface area contributed by atoms with E-state index in [1.54, 1.807) is 6.33 Å². The Morgan fingerprint density at radius 3 is 2.39 bits per heavy atom. The number of rotatable bonds is 3. The number of urea groups is 1. The van der Waals surface area contributed by atoms with E-state index in [0.717, 1.165) is 51.1 Å². The first-order valence-corrected chi connectivity index (χ1v) is 11.0. The van der Waals surface area contributed by atoms with E-state index in [4.69, 9.17) is 0 Å². The summed E-state index contributed by atoms with van der Waals surface area (Å²) in [5.74, 6) is 2.61. The molecule has 7 nitrogen and oxygen atoms in total. The van der Waals surface area contributed by atoms with Crippen molar-refractivity contribution >= 4 is 17.7 Å². The highest BCUT2D eigenvalue weighted by Crippen LogP contribution is 2.26. The van der Waals surface area contributed by atoms with Gasteiger partial charge in [0.2, 0.25) is 0 Å². The van der Waals surface area contributed by atoms with Crippen LogP contribution >= 0.6 is 0 Å². The number of piperazine rings is 1. The molecule has 2 saturated heterocycles. The Balaban J connectivity index is 1.33. The number of anilines is 2. The molecule has 3 heterocycles. The fourth-order valence-electron chi connectivity index (χ4n) is 5.19. The summed E-state index contributed by atoms with van der Waals surface area (Å²) in [7, 11) is 0. The molecular weight excluding hydrogens is 352 g/mol. The van der Waals surface area contributed by atoms with Crippen LogP contribution in [0.5, 0.6) is 0 Å². The molecule has 2 unspecified atom stereocenters. The molecule has 3 fully saturated rings. The van der Waals surface area contributed by atoms with Crippen molar-refractivity contribution < 1.29 is 4.79 Å². The van der Waals surface area contributed by atoms with Crippen molar-refractivity contribution in [1.82, 2.24) is 19.8 Å². The predicted molar refractivity (Wildman–Crippen MR) is 112 cm³/mol. The summed E-state index contributed by atoms with van der Waals surface area (Å²) in [6.45, 7) is 10.2. The third-order valence-corrected chi connectivity index (χ3v) is 6.52. The maximum absolute atomic E-state index is 12.7. The molecule has 0 bridgehead atoms. The highest BCUT2D eigenvalue weighted by molar-refractivity contribution is 5.88. The fourth-order valence-corrected chi connectivity index (χ4v) is 5.19. The van der Waals surface area contributed by atoms with Gasteiger partial charge in [0.25, 0.3) is 0 Å². The molecule has 1 aromatic rings. The van der Waals surface area contributed by atoms with Crippen LogP contribution in [-0.2, 0) is 0 Å². The summed E-state index contributed by atoms with van der Waals surface area (Å²) in [6, 6.07) is 2.66. The van der Waals surface area contributed by atoms with Gasteiger partial charge in [0.1, 0.15) is 18.0 Å². The molecule has 7 heteroatoms. The van der Waals surface area contributed by atoms with Gasteiger partial charge in [-0.2, -0.15) is 0 Å². The van der Waals surface area contributed by atoms with Crippen molar-refractivity contribution in [3.63, 3.8) is 0 Å². The molecule has 154 valence electrons. The Hall–Kier alpha value is -1.89. The average molecular weight is 387 g/mol. The van der Waals surface area contributed by atoms with E-state index in [1.807, 2.05) is 11.0 Å². The quantitative estimate of drug-likeness (QED) is 0.865. The van der Waals surface area contributed by atoms with E-state index in [1.165, 1.54) is 32.1 Å². The predicted octanol–water partition coefficient (Wildman–Crippen LogP) is 3.05. The molecule has 1 saturated carbocycles. The van der Waals surface area contributed by atoms with Crippen molar-refractivity contribution in [3.8, 4) is 0 Å². The van der Waals surface area contributed by atoms with E-state index in [9.17, 15) is 4.79 Å². The van der Waals surface area contributed by atoms with Crippen LogP contribution in [0.2, 0.25) is 0 Å². The van der Waals surface area contributed by atoms with Crippen molar-refractivity contribution in [3.05, 3.63) is 12.4 Å². The number of nitrogens with zero attached hydrogens (tertiary/aromatic N) is 5. The van der Waals surface area contributed by atoms with Gasteiger partial charge in [-0.3, -0.25) is 10.2 Å². The van der Waals surface area contributed by atoms with Crippen molar-refractivity contribution in [2.45, 2.75) is 52.0 Å². The largest absolute Gasteiger partial charge is 0.354 e. The summed E-state index contributed by atoms with van der Waals surface area (Å²) in [5, 5.41) is 2.98. The number of piperidine rings is 1. The van der Waals surface area contributed by atoms with Gasteiger partial charge in [0.05, 0.1) is 0 Å². The minimum absolute atomic E-state index is 0.0471. The molecule has 0 radical (unpaired) electrons. The maximum atomic E-state index is 12.7. The first kappa shape index (κ1) is 19.4. The number of likely N-dealkylation sites (tertiary alicyclic amines) is 1. The van der Waals surface area contributed by atoms with E-state index >= 15 is 0 Å². The molecule has 3 aliphatic rings. The molecule has 2 atom stereocenters. The molecule has 1 aromatic heterocycles. The summed E-state index contributed by atoms with van der Waals surface area (Å²) >= 11 is 0. The first-order valence-electron chi connectivity index (χ1n) is 11.0. The first-order chi connectivity index (χ1) is 13.6. The van der Waals surface area contributed by atoms with Crippen molar-refractivity contribution in [2.75, 3.05) is 49.5 Å². The average Bonchev–Trinajstić information content (AvgIpc) is 3.22. The molecule has 2 amide bonds. The van der Waals surface area contributed by atoms with Gasteiger partial charge >= 0.3 is 6.03 Å². The van der Waals surface area contributed by atoms with Crippen LogP contribution in [0.1, 0.15) is 46.0 Å². The van der Waals surface area contributed by atoms with Crippen molar-refractivity contribution in [1.29, 1.82) is 0 Å². The number of nitrogens with one attached hydrogen (secondary N) is 1. The molecule has 4 rings (SSSR count). The van der Waals surface area contributed by atoms with E-state index < -0.39 is 0 Å². The lowest BCUT2D eigenvalue weighted by atomic mass is 9.92. The summed E-state index contributed by atoms with van der Waals surface area (Å²) in [6.07, 6.45) is 8.24. The van der Waals surface area contributed by atoms with Gasteiger partial charge in [-0.25, -0.2) is 14.8 Å². The van der Waals surface area contributed by atoms with Crippen LogP contribution < -0.4 is 10.2 Å². The van der Waals surface area contributed by atoms with Crippen LogP contribution in [0, 0.1) is 11.8 Å². The minimum atomic E-state index is -0.0471. The van der Waals surface area contributed by atoms with E-state index in [0.29, 0.717) is 17.7 Å². The third kappa shape index (κ3) is 4.57. The highest BCUT2D eigenvalue weighted by atomic mass is 16.2. The second-order valence-corrected chi connectivity index (χ2v) is 9.00. The molecule has 1 N–H and O–H groups in total. The highest BCUT2D eigenvalue weighted by Gasteiger charge is 2.28. The lowest BCUT2D eigenvalue weighted by molar-refractivity contribution is 0.156. The standard InChI is InChI=1S/C21H34N6O/c1-16-11-17(2)14-27(13-16)21(28)24-19-12-20(23-15-22-19)26-9-7-25(8-10-26)18-5-3-4-6-18/h12,15-18H,3-11,13-14H2,1-2H3,(H,22,23,24,28). The van der Waals surface area contributed by atoms with E-state index in [-0.39, 0.29) is 6.03 Å². The Morgan fingerprint density at radius 2 is 1.71 bits per heavy atom. The van der Waals surface area contributed by atoms with Crippen LogP contribution in [-0.4, -0.2) is 71.1 Å². The molecule has 0 spiro atoms. The number of carbonyl (C=O) groups excluding carboxylic acids is 1. The van der Waals surface area contributed by atoms with Crippen LogP contribution in [0.15, 0.2) is 12.4 Å². The SMILES string of the molecule is CC1CC(C)CN(C(=O)Nc2cc(N3CCN(C4CCCC4)CC3)ncn2)C1. The molecular formula is C21H34N6O. The second kappa shape index (κ2) is 8.64. The van der Waals surface area contributed by atoms with Gasteiger partial charge < -0.3 is 9.80 Å². The van der Waals surface area contributed by atoms with Gasteiger partial charge in [0, 0.05) is 51.4 Å². The normalized spacial score (nSPS) is 27.2. The molecule has 1 aliphatic carbocycles. The van der Waals surface area contributed by atoms with Gasteiger partial charge in [-0.15, -0.1) is 0 Å². The number of carbonyl (C=O) groups is 1. The molecule has 28 heavy (non-hydrogen) atoms. The Morgan fingerprint density at radius 1 is 1.04 bits per heavy atom. The molecule has 0 aromatic carbocycles. The number of aromatic nitrogens is 2. The zero-order chi connectivity index (χ0) is 19.5. The fraction of sp³-hybridized carbons (Fsp3) is 0.762. The summed E-state index contributed by atoms with van der Waals surface area (Å²) in [5.41, 5.74) is 0. The van der Waals surface area contributed by atoms with Gasteiger partial charge in [-0.1, -0.05) is 26.7 Å². The monoisotopic (exact) mass is 386 g/mol. The van der Waals surface area contributed by atoms with Crippen LogP contribution in [0.25, 0.3) is 0 Å². The van der Waals surface area contributed by atoms with Crippen LogP contribution in [0.4, 0.5) is 16.4 Å². The number of amides is 2. The van der Waals surface area contributed by atoms with Gasteiger partial charge in [-0.05, 0) is 31.1 Å². The van der Waals surface area contributed by atoms with Gasteiger partial charge in [0.15, 0.2) is 0 Å². The zero-order valence-corrected chi connectivity index (χ0v) is 17.3. The maximum Gasteiger partial charge on any atom is 0.323 e. The third-order valence-electron chi connectivity index (χ3n) is 6.52. The number of hydrogen-bond acceptors (Lipinski definition) is 5. The lowest BCUT2D eigenvalue weighted by Gasteiger charge is -2.38. The lowest BCUT2D eigenvalue weighted by Crippen LogP contribution is -2.50. The Kier molecular flexibility index (Phi) is 5.99. The van der Waals surface area contributed by atoms with E-state index in [2.05, 4.69) is 38.9 Å². The van der Waals surface area contributed by atoms with Crippen LogP contribution in [0.3, 0.4) is 0 Å². The summed E-state index contributed by atoms with van der Waals surface area (Å²) in [4.78, 5) is 28.3. The van der Waals surface area contributed by atoms with Crippen molar-refractivity contribution in [2.24, 2.45) is 11.8 Å². The summed E-state index contributed by atoms with van der Waals surface area (Å²) < 4.78 is 0. The molecule has 2 aliphatic heterocycles. The smallest absolute Gasteiger partial charge is 0.323 e. The zero-order valence-electron chi connectivity index (χ0n) is 17.3. The topological polar surface area (TPSA) is 64.6 Å². The Bertz CT molecular complexity index is 659. The second-order valence-electron chi connectivity index (χ2n) is 9.00. The Labute approximate surface area is 168 Å². The minimum Gasteiger partial charge on any atom is -0.354 e.